The van der Waals surface area contributed by atoms with Gasteiger partial charge in [-0.2, -0.15) is 0 Å². The Bertz CT molecular complexity index is 506. The highest BCUT2D eigenvalue weighted by atomic mass is 14.5. The standard InChI is InChI=1S/C19H27N/c1-6-7-9-17(12-15-20)19(4,5)16-10-8-13-18(2,3)14-11-16/h6-15H,20H2,1-5H3/b7-6-,15-12-,17-9+. The van der Waals surface area contributed by atoms with Gasteiger partial charge in [0, 0.05) is 10.8 Å². The van der Waals surface area contributed by atoms with Gasteiger partial charge >= 0.3 is 0 Å². The van der Waals surface area contributed by atoms with Gasteiger partial charge in [0.25, 0.3) is 0 Å². The smallest absolute Gasteiger partial charge is 0.0146 e. The van der Waals surface area contributed by atoms with E-state index in [1.165, 1.54) is 11.1 Å². The van der Waals surface area contributed by atoms with E-state index >= 15 is 0 Å². The molecule has 0 fully saturated rings. The van der Waals surface area contributed by atoms with Crippen molar-refractivity contribution in [3.8, 4) is 0 Å². The van der Waals surface area contributed by atoms with Crippen LogP contribution in [-0.4, -0.2) is 0 Å². The summed E-state index contributed by atoms with van der Waals surface area (Å²) in [5, 5.41) is 0. The zero-order valence-corrected chi connectivity index (χ0v) is 13.4. The zero-order chi connectivity index (χ0) is 15.2. The van der Waals surface area contributed by atoms with Crippen LogP contribution in [0.5, 0.6) is 0 Å². The Labute approximate surface area is 124 Å². The van der Waals surface area contributed by atoms with Crippen LogP contribution in [0.25, 0.3) is 0 Å². The van der Waals surface area contributed by atoms with Gasteiger partial charge in [-0.05, 0) is 30.3 Å². The topological polar surface area (TPSA) is 26.0 Å². The molecule has 0 heterocycles. The van der Waals surface area contributed by atoms with Gasteiger partial charge in [0.15, 0.2) is 0 Å². The molecule has 108 valence electrons. The Hall–Kier alpha value is -1.76. The van der Waals surface area contributed by atoms with Gasteiger partial charge in [0.1, 0.15) is 0 Å². The minimum Gasteiger partial charge on any atom is -0.405 e. The Morgan fingerprint density at radius 2 is 1.95 bits per heavy atom. The first kappa shape index (κ1) is 16.3. The fourth-order valence-electron chi connectivity index (χ4n) is 2.17. The molecule has 0 spiro atoms. The summed E-state index contributed by atoms with van der Waals surface area (Å²) >= 11 is 0. The molecular formula is C19H27N. The Morgan fingerprint density at radius 3 is 2.55 bits per heavy atom. The first-order valence-corrected chi connectivity index (χ1v) is 7.14. The van der Waals surface area contributed by atoms with Crippen LogP contribution in [0.2, 0.25) is 0 Å². The van der Waals surface area contributed by atoms with Gasteiger partial charge in [0.05, 0.1) is 0 Å². The van der Waals surface area contributed by atoms with Gasteiger partial charge in [-0.15, -0.1) is 0 Å². The summed E-state index contributed by atoms with van der Waals surface area (Å²) in [5.74, 6) is 0. The average molecular weight is 269 g/mol. The second-order valence-electron chi connectivity index (χ2n) is 6.27. The third kappa shape index (κ3) is 4.12. The van der Waals surface area contributed by atoms with E-state index in [1.807, 2.05) is 19.1 Å². The summed E-state index contributed by atoms with van der Waals surface area (Å²) in [4.78, 5) is 0. The van der Waals surface area contributed by atoms with E-state index in [0.717, 1.165) is 0 Å². The first-order valence-electron chi connectivity index (χ1n) is 7.14. The van der Waals surface area contributed by atoms with Crippen LogP contribution in [0.1, 0.15) is 34.6 Å². The Kier molecular flexibility index (Phi) is 5.38. The zero-order valence-electron chi connectivity index (χ0n) is 13.4. The van der Waals surface area contributed by atoms with Gasteiger partial charge in [-0.1, -0.05) is 76.3 Å². The third-order valence-electron chi connectivity index (χ3n) is 3.68. The van der Waals surface area contributed by atoms with Crippen molar-refractivity contribution in [2.75, 3.05) is 0 Å². The summed E-state index contributed by atoms with van der Waals surface area (Å²) in [5.41, 5.74) is 8.10. The number of hydrogen-bond donors (Lipinski definition) is 1. The van der Waals surface area contributed by atoms with Crippen molar-refractivity contribution in [2.45, 2.75) is 34.6 Å². The van der Waals surface area contributed by atoms with Crippen LogP contribution < -0.4 is 5.73 Å². The molecule has 20 heavy (non-hydrogen) atoms. The van der Waals surface area contributed by atoms with Gasteiger partial charge in [-0.25, -0.2) is 0 Å². The molecule has 1 aliphatic rings. The Balaban J connectivity index is 3.21. The lowest BCUT2D eigenvalue weighted by Crippen LogP contribution is -2.16. The maximum absolute atomic E-state index is 5.60. The SMILES string of the molecule is C\C=C/C=C(\C=C/N)C(C)(C)C1=CC=CC(C)(C)C=C1. The predicted octanol–water partition coefficient (Wildman–Crippen LogP) is 5.07. The maximum Gasteiger partial charge on any atom is 0.0146 e. The molecule has 0 saturated heterocycles. The van der Waals surface area contributed by atoms with Crippen LogP contribution >= 0.6 is 0 Å². The lowest BCUT2D eigenvalue weighted by atomic mass is 9.76. The maximum atomic E-state index is 5.60. The van der Waals surface area contributed by atoms with Crippen LogP contribution in [0.4, 0.5) is 0 Å². The second-order valence-corrected chi connectivity index (χ2v) is 6.27. The lowest BCUT2D eigenvalue weighted by Gasteiger charge is -2.28. The highest BCUT2D eigenvalue weighted by molar-refractivity contribution is 5.44. The summed E-state index contributed by atoms with van der Waals surface area (Å²) < 4.78 is 0. The van der Waals surface area contributed by atoms with E-state index in [4.69, 9.17) is 5.73 Å². The van der Waals surface area contributed by atoms with Crippen molar-refractivity contribution in [2.24, 2.45) is 16.6 Å². The summed E-state index contributed by atoms with van der Waals surface area (Å²) in [6.07, 6.45) is 20.8. The largest absolute Gasteiger partial charge is 0.405 e. The monoisotopic (exact) mass is 269 g/mol. The van der Waals surface area contributed by atoms with Crippen LogP contribution in [0.15, 0.2) is 72.0 Å². The van der Waals surface area contributed by atoms with Crippen molar-refractivity contribution >= 4 is 0 Å². The fourth-order valence-corrected chi connectivity index (χ4v) is 2.17. The van der Waals surface area contributed by atoms with Crippen LogP contribution in [-0.2, 0) is 0 Å². The first-order chi connectivity index (χ1) is 9.33. The summed E-state index contributed by atoms with van der Waals surface area (Å²) in [6, 6.07) is 0. The number of allylic oxidation sites excluding steroid dienone is 11. The summed E-state index contributed by atoms with van der Waals surface area (Å²) in [6.45, 7) is 10.9. The second kappa shape index (κ2) is 6.60. The molecule has 0 aromatic carbocycles. The fraction of sp³-hybridized carbons (Fsp3) is 0.368. The molecular weight excluding hydrogens is 242 g/mol. The summed E-state index contributed by atoms with van der Waals surface area (Å²) in [7, 11) is 0. The molecule has 0 bridgehead atoms. The van der Waals surface area contributed by atoms with E-state index < -0.39 is 0 Å². The molecule has 0 aromatic heterocycles. The molecule has 1 heteroatoms. The lowest BCUT2D eigenvalue weighted by molar-refractivity contribution is 0.563. The van der Waals surface area contributed by atoms with Gasteiger partial charge in [0.2, 0.25) is 0 Å². The third-order valence-corrected chi connectivity index (χ3v) is 3.68. The molecule has 1 rings (SSSR count). The van der Waals surface area contributed by atoms with Crippen LogP contribution in [0.3, 0.4) is 0 Å². The normalized spacial score (nSPS) is 19.6. The molecule has 2 N–H and O–H groups in total. The number of nitrogens with two attached hydrogens (primary N) is 1. The predicted molar refractivity (Wildman–Crippen MR) is 90.1 cm³/mol. The molecule has 1 aliphatic carbocycles. The quantitative estimate of drug-likeness (QED) is 0.709. The van der Waals surface area contributed by atoms with E-state index in [9.17, 15) is 0 Å². The highest BCUT2D eigenvalue weighted by Gasteiger charge is 2.25. The number of rotatable bonds is 4. The van der Waals surface area contributed by atoms with Crippen molar-refractivity contribution in [3.05, 3.63) is 72.0 Å². The number of hydrogen-bond acceptors (Lipinski definition) is 1. The molecule has 1 nitrogen and oxygen atoms in total. The molecule has 0 saturated carbocycles. The van der Waals surface area contributed by atoms with Crippen molar-refractivity contribution in [1.82, 2.24) is 0 Å². The molecule has 0 unspecified atom stereocenters. The van der Waals surface area contributed by atoms with Crippen LogP contribution in [0, 0.1) is 10.8 Å². The van der Waals surface area contributed by atoms with E-state index in [1.54, 1.807) is 6.20 Å². The van der Waals surface area contributed by atoms with E-state index in [0.29, 0.717) is 0 Å². The van der Waals surface area contributed by atoms with Crippen molar-refractivity contribution in [1.29, 1.82) is 0 Å². The molecule has 0 atom stereocenters. The minimum absolute atomic E-state index is 0.0867. The van der Waals surface area contributed by atoms with Crippen molar-refractivity contribution in [3.63, 3.8) is 0 Å². The molecule has 0 radical (unpaired) electrons. The van der Waals surface area contributed by atoms with Crippen molar-refractivity contribution < 1.29 is 0 Å². The minimum atomic E-state index is -0.0867. The Morgan fingerprint density at radius 1 is 1.25 bits per heavy atom. The van der Waals surface area contributed by atoms with Gasteiger partial charge in [-0.3, -0.25) is 0 Å². The van der Waals surface area contributed by atoms with Gasteiger partial charge < -0.3 is 5.73 Å². The highest BCUT2D eigenvalue weighted by Crippen LogP contribution is 2.38. The van der Waals surface area contributed by atoms with E-state index in [2.05, 4.69) is 70.2 Å². The molecule has 0 aromatic rings. The average Bonchev–Trinajstić information content (AvgIpc) is 2.55. The van der Waals surface area contributed by atoms with E-state index in [-0.39, 0.29) is 10.8 Å². The molecule has 0 aliphatic heterocycles. The molecule has 0 amide bonds.